The van der Waals surface area contributed by atoms with Gasteiger partial charge in [-0.05, 0) is 36.8 Å². The van der Waals surface area contributed by atoms with Gasteiger partial charge in [-0.25, -0.2) is 9.59 Å². The molecule has 0 radical (unpaired) electrons. The van der Waals surface area contributed by atoms with E-state index in [-0.39, 0.29) is 18.5 Å². The first-order valence-corrected chi connectivity index (χ1v) is 6.69. The van der Waals surface area contributed by atoms with Crippen LogP contribution < -0.4 is 0 Å². The molecule has 2 aromatic carbocycles. The molecule has 4 nitrogen and oxygen atoms in total. The first kappa shape index (κ1) is 14.8. The van der Waals surface area contributed by atoms with Crippen molar-refractivity contribution in [1.29, 1.82) is 0 Å². The lowest BCUT2D eigenvalue weighted by molar-refractivity contribution is 0.0469. The van der Waals surface area contributed by atoms with Crippen molar-refractivity contribution in [3.8, 4) is 0 Å². The largest absolute Gasteiger partial charge is 0.462 e. The predicted molar refractivity (Wildman–Crippen MR) is 78.0 cm³/mol. The van der Waals surface area contributed by atoms with Crippen LogP contribution in [0.4, 0.5) is 0 Å². The Balaban J connectivity index is 1.92. The molecular weight excluding hydrogens is 268 g/mol. The number of hydrogen-bond acceptors (Lipinski definition) is 4. The third kappa shape index (κ3) is 4.18. The topological polar surface area (TPSA) is 52.6 Å². The van der Waals surface area contributed by atoms with Gasteiger partial charge in [0.15, 0.2) is 0 Å². The fourth-order valence-corrected chi connectivity index (χ4v) is 1.76. The molecule has 0 aliphatic carbocycles. The Labute approximate surface area is 123 Å². The van der Waals surface area contributed by atoms with Gasteiger partial charge in [-0.3, -0.25) is 0 Å². The predicted octanol–water partition coefficient (Wildman–Crippen LogP) is 3.22. The maximum Gasteiger partial charge on any atom is 0.338 e. The Hall–Kier alpha value is -2.62. The summed E-state index contributed by atoms with van der Waals surface area (Å²) in [6, 6.07) is 15.6. The highest BCUT2D eigenvalue weighted by Crippen LogP contribution is 2.09. The van der Waals surface area contributed by atoms with Crippen molar-refractivity contribution in [3.05, 3.63) is 71.3 Å². The van der Waals surface area contributed by atoms with E-state index in [0.29, 0.717) is 17.7 Å². The zero-order chi connectivity index (χ0) is 15.1. The van der Waals surface area contributed by atoms with Crippen LogP contribution in [0, 0.1) is 0 Å². The lowest BCUT2D eigenvalue weighted by atomic mass is 10.1. The average molecular weight is 284 g/mol. The molecule has 0 heterocycles. The van der Waals surface area contributed by atoms with Gasteiger partial charge in [0.1, 0.15) is 6.61 Å². The molecule has 0 atom stereocenters. The fraction of sp³-hybridized carbons (Fsp3) is 0.176. The summed E-state index contributed by atoms with van der Waals surface area (Å²) in [5.41, 5.74) is 1.81. The van der Waals surface area contributed by atoms with Crippen LogP contribution in [0.25, 0.3) is 0 Å². The van der Waals surface area contributed by atoms with Gasteiger partial charge in [0.05, 0.1) is 17.7 Å². The van der Waals surface area contributed by atoms with Crippen molar-refractivity contribution in [2.75, 3.05) is 6.61 Å². The summed E-state index contributed by atoms with van der Waals surface area (Å²) in [7, 11) is 0. The highest BCUT2D eigenvalue weighted by molar-refractivity contribution is 5.90. The summed E-state index contributed by atoms with van der Waals surface area (Å²) in [5, 5.41) is 0. The minimum absolute atomic E-state index is 0.164. The molecule has 0 aromatic heterocycles. The second-order valence-corrected chi connectivity index (χ2v) is 4.36. The van der Waals surface area contributed by atoms with Crippen molar-refractivity contribution in [2.24, 2.45) is 0 Å². The molecule has 0 N–H and O–H groups in total. The first-order valence-electron chi connectivity index (χ1n) is 6.69. The lowest BCUT2D eigenvalue weighted by Gasteiger charge is -2.06. The molecule has 0 amide bonds. The van der Waals surface area contributed by atoms with E-state index in [2.05, 4.69) is 0 Å². The molecule has 0 aliphatic rings. The zero-order valence-corrected chi connectivity index (χ0v) is 11.7. The number of hydrogen-bond donors (Lipinski definition) is 0. The lowest BCUT2D eigenvalue weighted by Crippen LogP contribution is -2.06. The second-order valence-electron chi connectivity index (χ2n) is 4.36. The minimum atomic E-state index is -0.370. The number of rotatable bonds is 5. The molecule has 0 aliphatic heterocycles. The van der Waals surface area contributed by atoms with Crippen LogP contribution in [0.1, 0.15) is 33.2 Å². The molecule has 2 rings (SSSR count). The number of carbonyl (C=O) groups is 2. The fourth-order valence-electron chi connectivity index (χ4n) is 1.76. The van der Waals surface area contributed by atoms with Gasteiger partial charge in [-0.15, -0.1) is 0 Å². The summed E-state index contributed by atoms with van der Waals surface area (Å²) in [6.07, 6.45) is 0. The van der Waals surface area contributed by atoms with E-state index in [1.165, 1.54) is 0 Å². The van der Waals surface area contributed by atoms with Crippen LogP contribution in [0.2, 0.25) is 0 Å². The summed E-state index contributed by atoms with van der Waals surface area (Å²) in [5.74, 6) is -0.726. The van der Waals surface area contributed by atoms with Gasteiger partial charge in [0.25, 0.3) is 0 Å². The SMILES string of the molecule is CCOC(=O)c1ccc(COC(=O)c2ccccc2)cc1. The minimum Gasteiger partial charge on any atom is -0.462 e. The number of carbonyl (C=O) groups excluding carboxylic acids is 2. The van der Waals surface area contributed by atoms with Crippen molar-refractivity contribution in [1.82, 2.24) is 0 Å². The zero-order valence-electron chi connectivity index (χ0n) is 11.7. The molecule has 21 heavy (non-hydrogen) atoms. The van der Waals surface area contributed by atoms with Crippen LogP contribution >= 0.6 is 0 Å². The van der Waals surface area contributed by atoms with Gasteiger partial charge in [-0.1, -0.05) is 30.3 Å². The smallest absolute Gasteiger partial charge is 0.338 e. The third-order valence-electron chi connectivity index (χ3n) is 2.84. The molecule has 0 spiro atoms. The molecule has 0 saturated carbocycles. The molecule has 4 heteroatoms. The second kappa shape index (κ2) is 7.24. The highest BCUT2D eigenvalue weighted by Gasteiger charge is 2.08. The van der Waals surface area contributed by atoms with Crippen molar-refractivity contribution in [2.45, 2.75) is 13.5 Å². The van der Waals surface area contributed by atoms with Crippen LogP contribution in [0.3, 0.4) is 0 Å². The van der Waals surface area contributed by atoms with Crippen LogP contribution in [0.15, 0.2) is 54.6 Å². The Morgan fingerprint density at radius 3 is 2.00 bits per heavy atom. The van der Waals surface area contributed by atoms with Gasteiger partial charge in [0, 0.05) is 0 Å². The Morgan fingerprint density at radius 2 is 1.38 bits per heavy atom. The van der Waals surface area contributed by atoms with Crippen molar-refractivity contribution in [3.63, 3.8) is 0 Å². The molecule has 0 saturated heterocycles. The molecule has 0 unspecified atom stereocenters. The van der Waals surface area contributed by atoms with Crippen LogP contribution in [0.5, 0.6) is 0 Å². The average Bonchev–Trinajstić information content (AvgIpc) is 2.54. The molecule has 0 bridgehead atoms. The molecule has 0 fully saturated rings. The van der Waals surface area contributed by atoms with Crippen LogP contribution in [-0.4, -0.2) is 18.5 Å². The third-order valence-corrected chi connectivity index (χ3v) is 2.84. The highest BCUT2D eigenvalue weighted by atomic mass is 16.5. The van der Waals surface area contributed by atoms with Gasteiger partial charge < -0.3 is 9.47 Å². The van der Waals surface area contributed by atoms with E-state index in [0.717, 1.165) is 5.56 Å². The summed E-state index contributed by atoms with van der Waals surface area (Å²) in [6.45, 7) is 2.27. The summed E-state index contributed by atoms with van der Waals surface area (Å²) in [4.78, 5) is 23.3. The summed E-state index contributed by atoms with van der Waals surface area (Å²) < 4.78 is 10.1. The monoisotopic (exact) mass is 284 g/mol. The van der Waals surface area contributed by atoms with E-state index in [4.69, 9.17) is 9.47 Å². The number of esters is 2. The number of ether oxygens (including phenoxy) is 2. The van der Waals surface area contributed by atoms with Crippen LogP contribution in [-0.2, 0) is 16.1 Å². The standard InChI is InChI=1S/C17H16O4/c1-2-20-16(18)15-10-8-13(9-11-15)12-21-17(19)14-6-4-3-5-7-14/h3-11H,2,12H2,1H3. The maximum absolute atomic E-state index is 11.8. The normalized spacial score (nSPS) is 9.95. The number of benzene rings is 2. The Bertz CT molecular complexity index is 602. The van der Waals surface area contributed by atoms with E-state index >= 15 is 0 Å². The summed E-state index contributed by atoms with van der Waals surface area (Å²) >= 11 is 0. The van der Waals surface area contributed by atoms with E-state index in [1.807, 2.05) is 6.07 Å². The van der Waals surface area contributed by atoms with Crippen molar-refractivity contribution >= 4 is 11.9 Å². The van der Waals surface area contributed by atoms with E-state index in [1.54, 1.807) is 55.5 Å². The van der Waals surface area contributed by atoms with Crippen molar-refractivity contribution < 1.29 is 19.1 Å². The Kier molecular flexibility index (Phi) is 5.10. The van der Waals surface area contributed by atoms with Gasteiger partial charge in [-0.2, -0.15) is 0 Å². The Morgan fingerprint density at radius 1 is 0.810 bits per heavy atom. The van der Waals surface area contributed by atoms with E-state index < -0.39 is 0 Å². The molecular formula is C17H16O4. The van der Waals surface area contributed by atoms with Gasteiger partial charge in [0.2, 0.25) is 0 Å². The van der Waals surface area contributed by atoms with Gasteiger partial charge >= 0.3 is 11.9 Å². The maximum atomic E-state index is 11.8. The first-order chi connectivity index (χ1) is 10.2. The molecule has 2 aromatic rings. The van der Waals surface area contributed by atoms with E-state index in [9.17, 15) is 9.59 Å². The quantitative estimate of drug-likeness (QED) is 0.791. The molecule has 108 valence electrons.